The van der Waals surface area contributed by atoms with E-state index in [0.29, 0.717) is 17.0 Å². The minimum Gasteiger partial charge on any atom is -0.488 e. The smallest absolute Gasteiger partial charge is 0.294 e. The molecule has 1 aliphatic rings. The molecule has 0 radical (unpaired) electrons. The van der Waals surface area contributed by atoms with Crippen molar-refractivity contribution in [2.45, 2.75) is 13.5 Å². The second-order valence-electron chi connectivity index (χ2n) is 7.93. The topological polar surface area (TPSA) is 99.5 Å². The van der Waals surface area contributed by atoms with Gasteiger partial charge in [0.05, 0.1) is 20.1 Å². The highest BCUT2D eigenvalue weighted by molar-refractivity contribution is 14.1. The maximum absolute atomic E-state index is 12.8. The average molecular weight is 609 g/mol. The molecule has 0 saturated carbocycles. The lowest BCUT2D eigenvalue weighted by atomic mass is 10.1. The number of hydrogen-bond acceptors (Lipinski definition) is 6. The SMILES string of the molecule is Cc1ccc(NC(=O)CN2C(=O)SC(=Cc3ccc(OCc4ccccc4C#N)c(I)c3)C2=O)cc1. The Morgan fingerprint density at radius 3 is 2.61 bits per heavy atom. The molecule has 0 spiro atoms. The largest absolute Gasteiger partial charge is 0.488 e. The van der Waals surface area contributed by atoms with Crippen molar-refractivity contribution < 1.29 is 19.1 Å². The Morgan fingerprint density at radius 2 is 1.89 bits per heavy atom. The third-order valence-corrected chi connectivity index (χ3v) is 7.04. The molecule has 1 aliphatic heterocycles. The highest BCUT2D eigenvalue weighted by Gasteiger charge is 2.36. The fourth-order valence-electron chi connectivity index (χ4n) is 3.40. The van der Waals surface area contributed by atoms with Crippen LogP contribution < -0.4 is 10.1 Å². The summed E-state index contributed by atoms with van der Waals surface area (Å²) in [6.45, 7) is 1.84. The predicted octanol–water partition coefficient (Wildman–Crippen LogP) is 5.73. The van der Waals surface area contributed by atoms with Crippen LogP contribution in [0.15, 0.2) is 71.6 Å². The molecule has 1 saturated heterocycles. The van der Waals surface area contributed by atoms with Crippen molar-refractivity contribution in [3.05, 3.63) is 97.5 Å². The molecule has 1 fully saturated rings. The Labute approximate surface area is 226 Å². The Bertz CT molecular complexity index is 1410. The lowest BCUT2D eigenvalue weighted by molar-refractivity contribution is -0.127. The van der Waals surface area contributed by atoms with Gasteiger partial charge in [0.2, 0.25) is 5.91 Å². The molecule has 1 N–H and O–H groups in total. The molecule has 0 atom stereocenters. The second kappa shape index (κ2) is 11.4. The molecule has 4 rings (SSSR count). The lowest BCUT2D eigenvalue weighted by Crippen LogP contribution is -2.36. The van der Waals surface area contributed by atoms with E-state index < -0.39 is 17.1 Å². The van der Waals surface area contributed by atoms with E-state index in [1.54, 1.807) is 42.5 Å². The van der Waals surface area contributed by atoms with Crippen molar-refractivity contribution in [3.63, 3.8) is 0 Å². The standard InChI is InChI=1S/C27H20IN3O4S/c1-17-6-9-21(10-7-17)30-25(32)15-31-26(33)24(36-27(31)34)13-18-8-11-23(22(28)12-18)35-16-20-5-3-2-4-19(20)14-29/h2-13H,15-16H2,1H3,(H,30,32). The van der Waals surface area contributed by atoms with Crippen LogP contribution in [0, 0.1) is 21.8 Å². The fourth-order valence-corrected chi connectivity index (χ4v) is 4.94. The number of ether oxygens (including phenoxy) is 1. The number of carbonyl (C=O) groups is 3. The lowest BCUT2D eigenvalue weighted by Gasteiger charge is -2.12. The molecule has 180 valence electrons. The van der Waals surface area contributed by atoms with Gasteiger partial charge in [-0.05, 0) is 83.2 Å². The number of rotatable bonds is 7. The fraction of sp³-hybridized carbons (Fsp3) is 0.111. The van der Waals surface area contributed by atoms with E-state index in [0.717, 1.165) is 36.9 Å². The van der Waals surface area contributed by atoms with Crippen LogP contribution >= 0.6 is 34.4 Å². The zero-order chi connectivity index (χ0) is 25.7. The third-order valence-electron chi connectivity index (χ3n) is 5.29. The molecule has 36 heavy (non-hydrogen) atoms. The normalized spacial score (nSPS) is 14.1. The summed E-state index contributed by atoms with van der Waals surface area (Å²) in [6, 6.07) is 22.0. The highest BCUT2D eigenvalue weighted by atomic mass is 127. The molecule has 0 unspecified atom stereocenters. The molecule has 3 amide bonds. The van der Waals surface area contributed by atoms with Gasteiger partial charge in [0.1, 0.15) is 18.9 Å². The first-order chi connectivity index (χ1) is 17.3. The number of nitriles is 1. The summed E-state index contributed by atoms with van der Waals surface area (Å²) in [4.78, 5) is 38.8. The first-order valence-corrected chi connectivity index (χ1v) is 12.8. The number of amides is 3. The molecule has 9 heteroatoms. The minimum atomic E-state index is -0.507. The van der Waals surface area contributed by atoms with E-state index in [1.165, 1.54) is 0 Å². The zero-order valence-electron chi connectivity index (χ0n) is 19.2. The summed E-state index contributed by atoms with van der Waals surface area (Å²) in [5.41, 5.74) is 3.73. The van der Waals surface area contributed by atoms with Gasteiger partial charge in [-0.2, -0.15) is 5.26 Å². The van der Waals surface area contributed by atoms with Crippen LogP contribution in [-0.2, 0) is 16.2 Å². The first kappa shape index (κ1) is 25.5. The summed E-state index contributed by atoms with van der Waals surface area (Å²) in [5, 5.41) is 11.4. The first-order valence-electron chi connectivity index (χ1n) is 10.9. The third kappa shape index (κ3) is 6.13. The van der Waals surface area contributed by atoms with Gasteiger partial charge in [-0.15, -0.1) is 0 Å². The van der Waals surface area contributed by atoms with Gasteiger partial charge in [-0.3, -0.25) is 19.3 Å². The van der Waals surface area contributed by atoms with Gasteiger partial charge >= 0.3 is 0 Å². The van der Waals surface area contributed by atoms with Gasteiger partial charge in [0.25, 0.3) is 11.1 Å². The van der Waals surface area contributed by atoms with Crippen LogP contribution in [0.2, 0.25) is 0 Å². The Kier molecular flexibility index (Phi) is 8.07. The zero-order valence-corrected chi connectivity index (χ0v) is 22.1. The van der Waals surface area contributed by atoms with Gasteiger partial charge in [0.15, 0.2) is 0 Å². The summed E-state index contributed by atoms with van der Waals surface area (Å²) >= 11 is 2.94. The van der Waals surface area contributed by atoms with Crippen molar-refractivity contribution in [1.29, 1.82) is 5.26 Å². The Balaban J connectivity index is 1.40. The van der Waals surface area contributed by atoms with Crippen molar-refractivity contribution in [2.75, 3.05) is 11.9 Å². The number of benzene rings is 3. The quantitative estimate of drug-likeness (QED) is 0.272. The van der Waals surface area contributed by atoms with E-state index in [-0.39, 0.29) is 18.1 Å². The molecule has 3 aromatic rings. The molecule has 0 bridgehead atoms. The molecular formula is C27H20IN3O4S. The number of thioether (sulfide) groups is 1. The van der Waals surface area contributed by atoms with E-state index in [4.69, 9.17) is 4.74 Å². The average Bonchev–Trinajstić information content (AvgIpc) is 3.12. The Hall–Kier alpha value is -3.62. The molecule has 1 heterocycles. The van der Waals surface area contributed by atoms with Gasteiger partial charge in [-0.1, -0.05) is 42.0 Å². The minimum absolute atomic E-state index is 0.246. The number of hydrogen-bond donors (Lipinski definition) is 1. The molecule has 0 aromatic heterocycles. The van der Waals surface area contributed by atoms with E-state index in [2.05, 4.69) is 34.0 Å². The molecule has 0 aliphatic carbocycles. The maximum Gasteiger partial charge on any atom is 0.294 e. The van der Waals surface area contributed by atoms with Crippen LogP contribution in [-0.4, -0.2) is 28.5 Å². The van der Waals surface area contributed by atoms with Crippen molar-refractivity contribution in [3.8, 4) is 11.8 Å². The van der Waals surface area contributed by atoms with Gasteiger partial charge in [-0.25, -0.2) is 0 Å². The van der Waals surface area contributed by atoms with E-state index in [9.17, 15) is 19.6 Å². The van der Waals surface area contributed by atoms with Crippen molar-refractivity contribution >= 4 is 63.2 Å². The second-order valence-corrected chi connectivity index (χ2v) is 10.1. The number of anilines is 1. The summed E-state index contributed by atoms with van der Waals surface area (Å²) < 4.78 is 6.70. The monoisotopic (exact) mass is 609 g/mol. The molecule has 7 nitrogen and oxygen atoms in total. The van der Waals surface area contributed by atoms with Crippen LogP contribution in [0.25, 0.3) is 6.08 Å². The number of nitrogens with one attached hydrogen (secondary N) is 1. The Morgan fingerprint density at radius 1 is 1.14 bits per heavy atom. The van der Waals surface area contributed by atoms with Crippen LogP contribution in [0.5, 0.6) is 5.75 Å². The summed E-state index contributed by atoms with van der Waals surface area (Å²) in [5.74, 6) is -0.315. The van der Waals surface area contributed by atoms with Gasteiger partial charge in [0, 0.05) is 11.3 Å². The number of nitrogens with zero attached hydrogens (tertiary/aromatic N) is 2. The number of aryl methyl sites for hydroxylation is 1. The van der Waals surface area contributed by atoms with Crippen LogP contribution in [0.3, 0.4) is 0 Å². The number of carbonyl (C=O) groups excluding carboxylic acids is 3. The number of halogens is 1. The summed E-state index contributed by atoms with van der Waals surface area (Å²) in [6.07, 6.45) is 1.62. The maximum atomic E-state index is 12.8. The molecular weight excluding hydrogens is 589 g/mol. The van der Waals surface area contributed by atoms with Crippen LogP contribution in [0.4, 0.5) is 10.5 Å². The van der Waals surface area contributed by atoms with E-state index >= 15 is 0 Å². The van der Waals surface area contributed by atoms with Gasteiger partial charge < -0.3 is 10.1 Å². The molecule has 3 aromatic carbocycles. The number of imide groups is 1. The summed E-state index contributed by atoms with van der Waals surface area (Å²) in [7, 11) is 0. The van der Waals surface area contributed by atoms with Crippen molar-refractivity contribution in [1.82, 2.24) is 4.90 Å². The van der Waals surface area contributed by atoms with Crippen LogP contribution in [0.1, 0.15) is 22.3 Å². The highest BCUT2D eigenvalue weighted by Crippen LogP contribution is 2.33. The predicted molar refractivity (Wildman–Crippen MR) is 147 cm³/mol. The van der Waals surface area contributed by atoms with Crippen molar-refractivity contribution in [2.24, 2.45) is 0 Å². The van der Waals surface area contributed by atoms with E-state index in [1.807, 2.05) is 37.3 Å².